The maximum Gasteiger partial charge on any atom is 0.315 e. The summed E-state index contributed by atoms with van der Waals surface area (Å²) in [6, 6.07) is 0. The van der Waals surface area contributed by atoms with Crippen LogP contribution in [0.4, 0.5) is 0 Å². The average Bonchev–Trinajstić information content (AvgIpc) is 2.32. The van der Waals surface area contributed by atoms with Gasteiger partial charge in [0.05, 0.1) is 13.2 Å². The number of hydrogen-bond donors (Lipinski definition) is 1. The van der Waals surface area contributed by atoms with Crippen molar-refractivity contribution in [3.8, 4) is 0 Å². The molecule has 0 bridgehead atoms. The van der Waals surface area contributed by atoms with Crippen LogP contribution in [0.3, 0.4) is 0 Å². The molecule has 4 nitrogen and oxygen atoms in total. The molecule has 4 heteroatoms. The molecule has 0 amide bonds. The monoisotopic (exact) mass is 257 g/mol. The van der Waals surface area contributed by atoms with Crippen molar-refractivity contribution in [1.29, 1.82) is 5.41 Å². The molecule has 0 atom stereocenters. The molecular formula is C14H27NO3. The van der Waals surface area contributed by atoms with E-state index in [1.54, 1.807) is 6.92 Å². The first-order valence-electron chi connectivity index (χ1n) is 7.06. The number of unbranched alkanes of at least 4 members (excludes halogenated alkanes) is 6. The van der Waals surface area contributed by atoms with Gasteiger partial charge in [-0.25, -0.2) is 0 Å². The third kappa shape index (κ3) is 11.4. The van der Waals surface area contributed by atoms with Crippen LogP contribution in [-0.4, -0.2) is 25.1 Å². The minimum Gasteiger partial charge on any atom is -0.481 e. The quantitative estimate of drug-likeness (QED) is 0.266. The van der Waals surface area contributed by atoms with E-state index >= 15 is 0 Å². The first kappa shape index (κ1) is 16.9. The van der Waals surface area contributed by atoms with Crippen molar-refractivity contribution in [3.05, 3.63) is 0 Å². The average molecular weight is 257 g/mol. The summed E-state index contributed by atoms with van der Waals surface area (Å²) >= 11 is 0. The molecular weight excluding hydrogens is 230 g/mol. The van der Waals surface area contributed by atoms with Crippen molar-refractivity contribution >= 4 is 11.9 Å². The SMILES string of the molecule is CCCCCCCCCOC(=O)CC(=N)OCC. The maximum absolute atomic E-state index is 11.3. The van der Waals surface area contributed by atoms with Gasteiger partial charge in [0.15, 0.2) is 5.90 Å². The Hall–Kier alpha value is -1.06. The second-order valence-electron chi connectivity index (χ2n) is 4.37. The van der Waals surface area contributed by atoms with Crippen LogP contribution in [0, 0.1) is 5.41 Å². The summed E-state index contributed by atoms with van der Waals surface area (Å²) in [6.45, 7) is 4.88. The number of carbonyl (C=O) groups is 1. The summed E-state index contributed by atoms with van der Waals surface area (Å²) in [7, 11) is 0. The second-order valence-corrected chi connectivity index (χ2v) is 4.37. The molecule has 0 radical (unpaired) electrons. The van der Waals surface area contributed by atoms with E-state index in [-0.39, 0.29) is 18.3 Å². The lowest BCUT2D eigenvalue weighted by Gasteiger charge is -2.06. The van der Waals surface area contributed by atoms with E-state index in [0.717, 1.165) is 12.8 Å². The van der Waals surface area contributed by atoms with Crippen LogP contribution in [0.1, 0.15) is 65.2 Å². The van der Waals surface area contributed by atoms with E-state index in [1.807, 2.05) is 0 Å². The number of rotatable bonds is 11. The maximum atomic E-state index is 11.3. The molecule has 0 spiro atoms. The molecule has 0 aliphatic heterocycles. The summed E-state index contributed by atoms with van der Waals surface area (Å²) < 4.78 is 9.90. The third-order valence-electron chi connectivity index (χ3n) is 2.63. The highest BCUT2D eigenvalue weighted by Crippen LogP contribution is 2.07. The molecule has 0 aromatic carbocycles. The summed E-state index contributed by atoms with van der Waals surface area (Å²) in [6.07, 6.45) is 8.35. The normalized spacial score (nSPS) is 10.1. The van der Waals surface area contributed by atoms with E-state index in [9.17, 15) is 4.79 Å². The third-order valence-corrected chi connectivity index (χ3v) is 2.63. The Bertz CT molecular complexity index is 229. The summed E-state index contributed by atoms with van der Waals surface area (Å²) in [5, 5.41) is 7.31. The first-order valence-corrected chi connectivity index (χ1v) is 7.06. The van der Waals surface area contributed by atoms with Crippen LogP contribution in [0.15, 0.2) is 0 Å². The number of nitrogens with one attached hydrogen (secondary N) is 1. The molecule has 0 saturated carbocycles. The van der Waals surface area contributed by atoms with Crippen molar-refractivity contribution in [3.63, 3.8) is 0 Å². The van der Waals surface area contributed by atoms with Crippen LogP contribution in [0.2, 0.25) is 0 Å². The smallest absolute Gasteiger partial charge is 0.315 e. The van der Waals surface area contributed by atoms with Gasteiger partial charge in [-0.3, -0.25) is 10.2 Å². The highest BCUT2D eigenvalue weighted by Gasteiger charge is 2.07. The molecule has 0 saturated heterocycles. The second kappa shape index (κ2) is 12.4. The van der Waals surface area contributed by atoms with E-state index < -0.39 is 0 Å². The Labute approximate surface area is 111 Å². The summed E-state index contributed by atoms with van der Waals surface area (Å²) in [5.41, 5.74) is 0. The van der Waals surface area contributed by atoms with Crippen LogP contribution in [-0.2, 0) is 14.3 Å². The molecule has 0 aromatic heterocycles. The Morgan fingerprint density at radius 3 is 2.17 bits per heavy atom. The molecule has 0 aromatic rings. The lowest BCUT2D eigenvalue weighted by atomic mass is 10.1. The highest BCUT2D eigenvalue weighted by molar-refractivity contribution is 5.92. The van der Waals surface area contributed by atoms with Crippen LogP contribution >= 0.6 is 0 Å². The van der Waals surface area contributed by atoms with Crippen molar-refractivity contribution in [2.24, 2.45) is 0 Å². The number of carbonyl (C=O) groups excluding carboxylic acids is 1. The number of ether oxygens (including phenoxy) is 2. The summed E-state index contributed by atoms with van der Waals surface area (Å²) in [5.74, 6) is -0.374. The first-order chi connectivity index (χ1) is 8.70. The zero-order valence-electron chi connectivity index (χ0n) is 11.8. The van der Waals surface area contributed by atoms with Gasteiger partial charge in [0, 0.05) is 0 Å². The number of esters is 1. The van der Waals surface area contributed by atoms with Gasteiger partial charge >= 0.3 is 5.97 Å². The van der Waals surface area contributed by atoms with Gasteiger partial charge in [0.2, 0.25) is 0 Å². The fourth-order valence-electron chi connectivity index (χ4n) is 1.65. The zero-order chi connectivity index (χ0) is 13.6. The Kier molecular flexibility index (Phi) is 11.7. The fraction of sp³-hybridized carbons (Fsp3) is 0.857. The summed E-state index contributed by atoms with van der Waals surface area (Å²) in [4.78, 5) is 11.3. The Morgan fingerprint density at radius 1 is 0.944 bits per heavy atom. The molecule has 18 heavy (non-hydrogen) atoms. The molecule has 0 fully saturated rings. The largest absolute Gasteiger partial charge is 0.481 e. The fourth-order valence-corrected chi connectivity index (χ4v) is 1.65. The van der Waals surface area contributed by atoms with Gasteiger partial charge in [-0.05, 0) is 13.3 Å². The van der Waals surface area contributed by atoms with Gasteiger partial charge in [0.25, 0.3) is 0 Å². The molecule has 0 aliphatic carbocycles. The van der Waals surface area contributed by atoms with Gasteiger partial charge in [0.1, 0.15) is 6.42 Å². The van der Waals surface area contributed by atoms with Gasteiger partial charge in [-0.1, -0.05) is 45.4 Å². The molecule has 0 heterocycles. The Morgan fingerprint density at radius 2 is 1.56 bits per heavy atom. The lowest BCUT2D eigenvalue weighted by Crippen LogP contribution is -2.13. The highest BCUT2D eigenvalue weighted by atomic mass is 16.5. The van der Waals surface area contributed by atoms with Crippen molar-refractivity contribution < 1.29 is 14.3 Å². The van der Waals surface area contributed by atoms with Gasteiger partial charge in [-0.15, -0.1) is 0 Å². The molecule has 1 N–H and O–H groups in total. The predicted octanol–water partition coefficient (Wildman–Crippen LogP) is 3.68. The van der Waals surface area contributed by atoms with Crippen LogP contribution in [0.5, 0.6) is 0 Å². The van der Waals surface area contributed by atoms with Crippen molar-refractivity contribution in [1.82, 2.24) is 0 Å². The lowest BCUT2D eigenvalue weighted by molar-refractivity contribution is -0.142. The minimum atomic E-state index is -0.362. The topological polar surface area (TPSA) is 59.4 Å². The molecule has 106 valence electrons. The van der Waals surface area contributed by atoms with E-state index in [4.69, 9.17) is 14.9 Å². The van der Waals surface area contributed by atoms with E-state index in [1.165, 1.54) is 32.1 Å². The zero-order valence-corrected chi connectivity index (χ0v) is 11.8. The van der Waals surface area contributed by atoms with E-state index in [0.29, 0.717) is 13.2 Å². The van der Waals surface area contributed by atoms with Crippen LogP contribution in [0.25, 0.3) is 0 Å². The standard InChI is InChI=1S/C14H27NO3/c1-3-5-6-7-8-9-10-11-18-14(16)12-13(15)17-4-2/h15H,3-12H2,1-2H3. The molecule has 0 rings (SSSR count). The van der Waals surface area contributed by atoms with E-state index in [2.05, 4.69) is 6.92 Å². The molecule has 0 unspecified atom stereocenters. The van der Waals surface area contributed by atoms with Crippen molar-refractivity contribution in [2.75, 3.05) is 13.2 Å². The van der Waals surface area contributed by atoms with Crippen LogP contribution < -0.4 is 0 Å². The van der Waals surface area contributed by atoms with Gasteiger partial charge < -0.3 is 9.47 Å². The number of hydrogen-bond acceptors (Lipinski definition) is 4. The molecule has 0 aliphatic rings. The Balaban J connectivity index is 3.27. The minimum absolute atomic E-state index is 0.0120. The predicted molar refractivity (Wildman–Crippen MR) is 72.9 cm³/mol. The van der Waals surface area contributed by atoms with Gasteiger partial charge in [-0.2, -0.15) is 0 Å². The van der Waals surface area contributed by atoms with Crippen molar-refractivity contribution in [2.45, 2.75) is 65.2 Å².